The molecule has 2 fully saturated rings. The predicted octanol–water partition coefficient (Wildman–Crippen LogP) is 1.57. The fourth-order valence-corrected chi connectivity index (χ4v) is 1.69. The highest BCUT2D eigenvalue weighted by Gasteiger charge is 2.44. The smallest absolute Gasteiger partial charge is 0.0867 e. The van der Waals surface area contributed by atoms with Gasteiger partial charge in [0.25, 0.3) is 0 Å². The van der Waals surface area contributed by atoms with Crippen molar-refractivity contribution in [2.45, 2.75) is 38.4 Å². The molecule has 0 aromatic rings. The number of rotatable bonds is 0. The average molecular weight is 112 g/mol. The zero-order valence-corrected chi connectivity index (χ0v) is 5.26. The summed E-state index contributed by atoms with van der Waals surface area (Å²) >= 11 is 0. The lowest BCUT2D eigenvalue weighted by atomic mass is 9.91. The quantitative estimate of drug-likeness (QED) is 0.433. The molecule has 1 saturated carbocycles. The van der Waals surface area contributed by atoms with E-state index in [4.69, 9.17) is 4.74 Å². The lowest BCUT2D eigenvalue weighted by molar-refractivity contribution is 0.336. The summed E-state index contributed by atoms with van der Waals surface area (Å²) in [6.07, 6.45) is 5.46. The third kappa shape index (κ3) is 0.576. The van der Waals surface area contributed by atoms with Crippen molar-refractivity contribution in [2.75, 3.05) is 0 Å². The maximum Gasteiger partial charge on any atom is 0.0867 e. The van der Waals surface area contributed by atoms with Gasteiger partial charge in [0.05, 0.1) is 12.2 Å². The van der Waals surface area contributed by atoms with Gasteiger partial charge in [-0.1, -0.05) is 13.3 Å². The molecule has 2 aliphatic rings. The number of hydrogen-bond acceptors (Lipinski definition) is 1. The molecule has 1 aliphatic heterocycles. The van der Waals surface area contributed by atoms with E-state index in [0.29, 0.717) is 12.2 Å². The van der Waals surface area contributed by atoms with E-state index in [0.717, 1.165) is 5.92 Å². The van der Waals surface area contributed by atoms with Crippen molar-refractivity contribution in [3.63, 3.8) is 0 Å². The summed E-state index contributed by atoms with van der Waals surface area (Å²) in [5.74, 6) is 0.855. The number of hydrogen-bond donors (Lipinski definition) is 0. The van der Waals surface area contributed by atoms with Crippen molar-refractivity contribution in [1.29, 1.82) is 0 Å². The fraction of sp³-hybridized carbons (Fsp3) is 1.00. The third-order valence-electron chi connectivity index (χ3n) is 2.33. The highest BCUT2D eigenvalue weighted by Crippen LogP contribution is 2.39. The van der Waals surface area contributed by atoms with Gasteiger partial charge >= 0.3 is 0 Å². The maximum absolute atomic E-state index is 5.39. The van der Waals surface area contributed by atoms with Gasteiger partial charge in [-0.25, -0.2) is 0 Å². The molecule has 0 aromatic heterocycles. The summed E-state index contributed by atoms with van der Waals surface area (Å²) in [6, 6.07) is 0. The Morgan fingerprint density at radius 2 is 2.25 bits per heavy atom. The third-order valence-corrected chi connectivity index (χ3v) is 2.33. The van der Waals surface area contributed by atoms with E-state index in [1.165, 1.54) is 19.3 Å². The summed E-state index contributed by atoms with van der Waals surface area (Å²) in [5.41, 5.74) is 0. The van der Waals surface area contributed by atoms with Crippen molar-refractivity contribution in [2.24, 2.45) is 5.92 Å². The van der Waals surface area contributed by atoms with Gasteiger partial charge in [-0.2, -0.15) is 0 Å². The molecular weight excluding hydrogens is 100 g/mol. The van der Waals surface area contributed by atoms with Gasteiger partial charge in [0.15, 0.2) is 0 Å². The first kappa shape index (κ1) is 4.80. The molecule has 0 N–H and O–H groups in total. The van der Waals surface area contributed by atoms with Crippen LogP contribution in [0, 0.1) is 5.92 Å². The van der Waals surface area contributed by atoms with Gasteiger partial charge in [-0.05, 0) is 18.8 Å². The normalized spacial score (nSPS) is 52.9. The molecule has 8 heavy (non-hydrogen) atoms. The van der Waals surface area contributed by atoms with E-state index in [2.05, 4.69) is 6.92 Å². The molecule has 0 radical (unpaired) electrons. The maximum atomic E-state index is 5.39. The van der Waals surface area contributed by atoms with Crippen LogP contribution in [0.15, 0.2) is 0 Å². The number of ether oxygens (including phenoxy) is 1. The molecule has 3 atom stereocenters. The van der Waals surface area contributed by atoms with Gasteiger partial charge in [-0.15, -0.1) is 0 Å². The molecule has 1 heteroatoms. The molecule has 1 nitrogen and oxygen atoms in total. The Balaban J connectivity index is 1.99. The van der Waals surface area contributed by atoms with E-state index in [1.807, 2.05) is 0 Å². The molecular formula is C7H12O. The van der Waals surface area contributed by atoms with Crippen molar-refractivity contribution < 1.29 is 4.74 Å². The first-order chi connectivity index (χ1) is 3.88. The zero-order valence-electron chi connectivity index (χ0n) is 5.26. The minimum atomic E-state index is 0.670. The molecule has 2 rings (SSSR count). The van der Waals surface area contributed by atoms with E-state index in [1.54, 1.807) is 0 Å². The summed E-state index contributed by atoms with van der Waals surface area (Å²) in [5, 5.41) is 0. The van der Waals surface area contributed by atoms with Crippen molar-refractivity contribution in [3.8, 4) is 0 Å². The molecule has 46 valence electrons. The van der Waals surface area contributed by atoms with Crippen LogP contribution in [0.25, 0.3) is 0 Å². The summed E-state index contributed by atoms with van der Waals surface area (Å²) < 4.78 is 5.39. The Kier molecular flexibility index (Phi) is 0.884. The molecule has 2 unspecified atom stereocenters. The van der Waals surface area contributed by atoms with E-state index in [-0.39, 0.29) is 0 Å². The molecule has 0 bridgehead atoms. The van der Waals surface area contributed by atoms with Gasteiger partial charge < -0.3 is 4.74 Å². The lowest BCUT2D eigenvalue weighted by Crippen LogP contribution is -2.11. The Labute approximate surface area is 50.0 Å². The Hall–Kier alpha value is -0.0400. The van der Waals surface area contributed by atoms with Crippen molar-refractivity contribution >= 4 is 0 Å². The summed E-state index contributed by atoms with van der Waals surface area (Å²) in [7, 11) is 0. The SMILES string of the molecule is CC1CCCC2O[C@H]12. The van der Waals surface area contributed by atoms with Crippen LogP contribution in [0.3, 0.4) is 0 Å². The number of fused-ring (bicyclic) bond motifs is 1. The molecule has 0 amide bonds. The second-order valence-corrected chi connectivity index (χ2v) is 3.05. The van der Waals surface area contributed by atoms with Crippen molar-refractivity contribution in [3.05, 3.63) is 0 Å². The monoisotopic (exact) mass is 112 g/mol. The van der Waals surface area contributed by atoms with Gasteiger partial charge in [0.1, 0.15) is 0 Å². The first-order valence-corrected chi connectivity index (χ1v) is 3.53. The highest BCUT2D eigenvalue weighted by atomic mass is 16.6. The minimum Gasteiger partial charge on any atom is -0.369 e. The second-order valence-electron chi connectivity index (χ2n) is 3.05. The van der Waals surface area contributed by atoms with Crippen LogP contribution in [0.2, 0.25) is 0 Å². The lowest BCUT2D eigenvalue weighted by Gasteiger charge is -2.10. The predicted molar refractivity (Wildman–Crippen MR) is 31.7 cm³/mol. The summed E-state index contributed by atoms with van der Waals surface area (Å²) in [6.45, 7) is 2.30. The standard InChI is InChI=1S/C7H12O/c1-5-3-2-4-6-7(5)8-6/h5-7H,2-4H2,1H3/t5?,6?,7-/m1/s1. The molecule has 1 saturated heterocycles. The van der Waals surface area contributed by atoms with E-state index < -0.39 is 0 Å². The Morgan fingerprint density at radius 3 is 2.88 bits per heavy atom. The molecule has 1 aliphatic carbocycles. The van der Waals surface area contributed by atoms with Crippen LogP contribution in [0.5, 0.6) is 0 Å². The van der Waals surface area contributed by atoms with Gasteiger partial charge in [0, 0.05) is 0 Å². The van der Waals surface area contributed by atoms with Crippen LogP contribution in [-0.4, -0.2) is 12.2 Å². The van der Waals surface area contributed by atoms with Crippen molar-refractivity contribution in [1.82, 2.24) is 0 Å². The molecule has 0 aromatic carbocycles. The Bertz CT molecular complexity index is 101. The number of epoxide rings is 1. The van der Waals surface area contributed by atoms with Crippen LogP contribution < -0.4 is 0 Å². The fourth-order valence-electron chi connectivity index (χ4n) is 1.69. The van der Waals surface area contributed by atoms with Crippen LogP contribution in [0.1, 0.15) is 26.2 Å². The first-order valence-electron chi connectivity index (χ1n) is 3.53. The Morgan fingerprint density at radius 1 is 1.38 bits per heavy atom. The van der Waals surface area contributed by atoms with Gasteiger partial charge in [-0.3, -0.25) is 0 Å². The largest absolute Gasteiger partial charge is 0.369 e. The van der Waals surface area contributed by atoms with E-state index >= 15 is 0 Å². The molecule has 0 spiro atoms. The molecule has 1 heterocycles. The highest BCUT2D eigenvalue weighted by molar-refractivity contribution is 4.92. The zero-order chi connectivity index (χ0) is 5.56. The topological polar surface area (TPSA) is 12.5 Å². The van der Waals surface area contributed by atoms with Crippen LogP contribution in [-0.2, 0) is 4.74 Å². The average Bonchev–Trinajstić information content (AvgIpc) is 2.45. The minimum absolute atomic E-state index is 0.670. The van der Waals surface area contributed by atoms with E-state index in [9.17, 15) is 0 Å². The van der Waals surface area contributed by atoms with Gasteiger partial charge in [0.2, 0.25) is 0 Å². The second kappa shape index (κ2) is 1.47. The van der Waals surface area contributed by atoms with Crippen LogP contribution >= 0.6 is 0 Å². The van der Waals surface area contributed by atoms with Crippen LogP contribution in [0.4, 0.5) is 0 Å². The summed E-state index contributed by atoms with van der Waals surface area (Å²) in [4.78, 5) is 0.